The van der Waals surface area contributed by atoms with E-state index in [1.165, 1.54) is 14.0 Å². The summed E-state index contributed by atoms with van der Waals surface area (Å²) in [6.45, 7) is 5.38. The van der Waals surface area contributed by atoms with Gasteiger partial charge in [-0.1, -0.05) is 11.6 Å². The van der Waals surface area contributed by atoms with E-state index in [2.05, 4.69) is 0 Å². The van der Waals surface area contributed by atoms with Crippen molar-refractivity contribution >= 4 is 28.5 Å². The number of benzene rings is 2. The molecular weight excluding hydrogens is 368 g/mol. The molecule has 140 valence electrons. The summed E-state index contributed by atoms with van der Waals surface area (Å²) >= 11 is 5.96. The molecule has 0 aliphatic carbocycles. The average Bonchev–Trinajstić information content (AvgIpc) is 2.65. The molecule has 0 fully saturated rings. The molecule has 1 aromatic heterocycles. The number of hydrogen-bond acceptors (Lipinski definition) is 5. The van der Waals surface area contributed by atoms with Crippen molar-refractivity contribution in [2.75, 3.05) is 7.11 Å². The highest BCUT2D eigenvalue weighted by Crippen LogP contribution is 2.33. The van der Waals surface area contributed by atoms with Crippen LogP contribution < -0.4 is 10.2 Å². The Morgan fingerprint density at radius 3 is 2.37 bits per heavy atom. The SMILES string of the molecule is COC(=O)[C@@H](C)Oc1c(-c2ccc(Cl)cc2)oc2cc(C)c(C)cc2c1=O. The molecule has 3 rings (SSSR count). The molecule has 0 unspecified atom stereocenters. The molecule has 0 N–H and O–H groups in total. The maximum atomic E-state index is 13.1. The lowest BCUT2D eigenvalue weighted by molar-refractivity contribution is -0.147. The Morgan fingerprint density at radius 2 is 1.74 bits per heavy atom. The van der Waals surface area contributed by atoms with E-state index in [4.69, 9.17) is 25.5 Å². The second-order valence-corrected chi connectivity index (χ2v) is 6.75. The monoisotopic (exact) mass is 386 g/mol. The third kappa shape index (κ3) is 3.69. The van der Waals surface area contributed by atoms with Crippen molar-refractivity contribution in [3.05, 3.63) is 62.8 Å². The summed E-state index contributed by atoms with van der Waals surface area (Å²) in [5.41, 5.74) is 2.68. The number of halogens is 1. The summed E-state index contributed by atoms with van der Waals surface area (Å²) in [6.07, 6.45) is -0.965. The van der Waals surface area contributed by atoms with E-state index in [1.54, 1.807) is 30.3 Å². The number of methoxy groups -OCH3 is 1. The average molecular weight is 387 g/mol. The van der Waals surface area contributed by atoms with Crippen LogP contribution >= 0.6 is 11.6 Å². The second kappa shape index (κ2) is 7.45. The van der Waals surface area contributed by atoms with Gasteiger partial charge >= 0.3 is 5.97 Å². The molecule has 2 aromatic carbocycles. The Kier molecular flexibility index (Phi) is 5.24. The van der Waals surface area contributed by atoms with Gasteiger partial charge in [-0.05, 0) is 68.3 Å². The molecule has 0 spiro atoms. The molecule has 0 saturated heterocycles. The maximum Gasteiger partial charge on any atom is 0.346 e. The van der Waals surface area contributed by atoms with Gasteiger partial charge in [-0.2, -0.15) is 0 Å². The summed E-state index contributed by atoms with van der Waals surface area (Å²) in [6, 6.07) is 10.4. The van der Waals surface area contributed by atoms with Crippen LogP contribution in [-0.4, -0.2) is 19.2 Å². The number of aryl methyl sites for hydroxylation is 2. The fourth-order valence-electron chi connectivity index (χ4n) is 2.72. The van der Waals surface area contributed by atoms with Crippen LogP contribution in [0.4, 0.5) is 0 Å². The quantitative estimate of drug-likeness (QED) is 0.609. The molecule has 3 aromatic rings. The molecule has 0 aliphatic rings. The number of rotatable bonds is 4. The van der Waals surface area contributed by atoms with Gasteiger partial charge in [0.05, 0.1) is 12.5 Å². The van der Waals surface area contributed by atoms with Crippen molar-refractivity contribution in [3.63, 3.8) is 0 Å². The minimum atomic E-state index is -0.965. The zero-order valence-electron chi connectivity index (χ0n) is 15.5. The van der Waals surface area contributed by atoms with Crippen LogP contribution in [0, 0.1) is 13.8 Å². The van der Waals surface area contributed by atoms with Gasteiger partial charge in [0.2, 0.25) is 11.2 Å². The van der Waals surface area contributed by atoms with E-state index >= 15 is 0 Å². The first-order valence-electron chi connectivity index (χ1n) is 8.40. The molecule has 5 nitrogen and oxygen atoms in total. The van der Waals surface area contributed by atoms with Gasteiger partial charge in [0.1, 0.15) is 5.58 Å². The van der Waals surface area contributed by atoms with Crippen LogP contribution in [-0.2, 0) is 9.53 Å². The standard InChI is InChI=1S/C21H19ClO5/c1-11-9-16-17(10-12(11)2)27-19(14-5-7-15(22)8-6-14)20(18(16)23)26-13(3)21(24)25-4/h5-10,13H,1-4H3/t13-/m1/s1. The molecule has 0 saturated carbocycles. The fourth-order valence-corrected chi connectivity index (χ4v) is 2.85. The molecule has 0 radical (unpaired) electrons. The van der Waals surface area contributed by atoms with Crippen molar-refractivity contribution in [2.45, 2.75) is 26.9 Å². The summed E-state index contributed by atoms with van der Waals surface area (Å²) in [7, 11) is 1.26. The van der Waals surface area contributed by atoms with Gasteiger partial charge in [0.25, 0.3) is 0 Å². The molecule has 1 heterocycles. The van der Waals surface area contributed by atoms with Crippen LogP contribution in [0.1, 0.15) is 18.1 Å². The van der Waals surface area contributed by atoms with Gasteiger partial charge in [-0.25, -0.2) is 4.79 Å². The largest absolute Gasteiger partial charge is 0.471 e. The van der Waals surface area contributed by atoms with E-state index in [9.17, 15) is 9.59 Å². The van der Waals surface area contributed by atoms with Crippen LogP contribution in [0.15, 0.2) is 45.6 Å². The van der Waals surface area contributed by atoms with E-state index in [0.717, 1.165) is 11.1 Å². The predicted octanol–water partition coefficient (Wildman–Crippen LogP) is 4.67. The van der Waals surface area contributed by atoms with E-state index < -0.39 is 12.1 Å². The minimum Gasteiger partial charge on any atom is -0.471 e. The maximum absolute atomic E-state index is 13.1. The highest BCUT2D eigenvalue weighted by atomic mass is 35.5. The van der Waals surface area contributed by atoms with Crippen molar-refractivity contribution in [2.24, 2.45) is 0 Å². The normalized spacial score (nSPS) is 12.0. The first kappa shape index (κ1) is 19.0. The number of fused-ring (bicyclic) bond motifs is 1. The van der Waals surface area contributed by atoms with Gasteiger partial charge in [-0.3, -0.25) is 4.79 Å². The van der Waals surface area contributed by atoms with Gasteiger partial charge in [0, 0.05) is 10.6 Å². The third-order valence-electron chi connectivity index (χ3n) is 4.40. The highest BCUT2D eigenvalue weighted by Gasteiger charge is 2.23. The Hall–Kier alpha value is -2.79. The van der Waals surface area contributed by atoms with Crippen LogP contribution in [0.3, 0.4) is 0 Å². The fraction of sp³-hybridized carbons (Fsp3) is 0.238. The summed E-state index contributed by atoms with van der Waals surface area (Å²) in [5.74, 6) is -0.384. The smallest absolute Gasteiger partial charge is 0.346 e. The topological polar surface area (TPSA) is 65.7 Å². The highest BCUT2D eigenvalue weighted by molar-refractivity contribution is 6.30. The zero-order valence-corrected chi connectivity index (χ0v) is 16.2. The lowest BCUT2D eigenvalue weighted by Gasteiger charge is -2.16. The van der Waals surface area contributed by atoms with E-state index in [1.807, 2.05) is 19.9 Å². The number of ether oxygens (including phenoxy) is 2. The van der Waals surface area contributed by atoms with Crippen molar-refractivity contribution in [3.8, 4) is 17.1 Å². The minimum absolute atomic E-state index is 0.0361. The first-order chi connectivity index (χ1) is 12.8. The molecular formula is C21H19ClO5. The van der Waals surface area contributed by atoms with Crippen LogP contribution in [0.25, 0.3) is 22.3 Å². The summed E-state index contributed by atoms with van der Waals surface area (Å²) < 4.78 is 16.4. The summed E-state index contributed by atoms with van der Waals surface area (Å²) in [4.78, 5) is 24.9. The molecule has 0 bridgehead atoms. The Balaban J connectivity index is 2.28. The zero-order chi connectivity index (χ0) is 19.7. The number of hydrogen-bond donors (Lipinski definition) is 0. The van der Waals surface area contributed by atoms with Crippen molar-refractivity contribution in [1.82, 2.24) is 0 Å². The van der Waals surface area contributed by atoms with Gasteiger partial charge < -0.3 is 13.9 Å². The van der Waals surface area contributed by atoms with Crippen LogP contribution in [0.5, 0.6) is 5.75 Å². The van der Waals surface area contributed by atoms with Gasteiger partial charge in [0.15, 0.2) is 11.9 Å². The Morgan fingerprint density at radius 1 is 1.11 bits per heavy atom. The predicted molar refractivity (Wildman–Crippen MR) is 105 cm³/mol. The number of carbonyl (C=O) groups excluding carboxylic acids is 1. The van der Waals surface area contributed by atoms with Crippen LogP contribution in [0.2, 0.25) is 5.02 Å². The second-order valence-electron chi connectivity index (χ2n) is 6.31. The molecule has 0 aliphatic heterocycles. The Bertz CT molecular complexity index is 1070. The van der Waals surface area contributed by atoms with Crippen molar-refractivity contribution < 1.29 is 18.7 Å². The van der Waals surface area contributed by atoms with E-state index in [0.29, 0.717) is 21.6 Å². The van der Waals surface area contributed by atoms with E-state index in [-0.39, 0.29) is 16.9 Å². The molecule has 27 heavy (non-hydrogen) atoms. The lowest BCUT2D eigenvalue weighted by Crippen LogP contribution is -2.27. The summed E-state index contributed by atoms with van der Waals surface area (Å²) in [5, 5.41) is 0.946. The van der Waals surface area contributed by atoms with Gasteiger partial charge in [-0.15, -0.1) is 0 Å². The third-order valence-corrected chi connectivity index (χ3v) is 4.65. The Labute approximate surface area is 161 Å². The van der Waals surface area contributed by atoms with Crippen molar-refractivity contribution in [1.29, 1.82) is 0 Å². The number of carbonyl (C=O) groups is 1. The first-order valence-corrected chi connectivity index (χ1v) is 8.78. The molecule has 0 amide bonds. The number of esters is 1. The molecule has 1 atom stereocenters. The lowest BCUT2D eigenvalue weighted by atomic mass is 10.0. The molecule has 6 heteroatoms.